The van der Waals surface area contributed by atoms with Crippen molar-refractivity contribution in [1.29, 1.82) is 0 Å². The summed E-state index contributed by atoms with van der Waals surface area (Å²) in [5, 5.41) is 1.29. The first-order valence-electron chi connectivity index (χ1n) is 3.90. The molecule has 0 spiro atoms. The van der Waals surface area contributed by atoms with Gasteiger partial charge in [-0.25, -0.2) is 5.84 Å². The quantitative estimate of drug-likeness (QED) is 0.353. The molecule has 0 aromatic heterocycles. The van der Waals surface area contributed by atoms with Crippen LogP contribution in [0.2, 0.25) is 0 Å². The van der Waals surface area contributed by atoms with E-state index in [4.69, 9.17) is 10.6 Å². The summed E-state index contributed by atoms with van der Waals surface area (Å²) in [4.78, 5) is 11.1. The van der Waals surface area contributed by atoms with Crippen LogP contribution in [-0.4, -0.2) is 30.2 Å². The molecule has 2 N–H and O–H groups in total. The van der Waals surface area contributed by atoms with E-state index in [1.807, 2.05) is 6.92 Å². The molecule has 0 aromatic carbocycles. The first-order chi connectivity index (χ1) is 5.25. The molecule has 0 aliphatic heterocycles. The Morgan fingerprint density at radius 3 is 2.82 bits per heavy atom. The van der Waals surface area contributed by atoms with Crippen LogP contribution in [-0.2, 0) is 9.53 Å². The van der Waals surface area contributed by atoms with Gasteiger partial charge < -0.3 is 4.74 Å². The Labute approximate surface area is 66.3 Å². The van der Waals surface area contributed by atoms with Crippen molar-refractivity contribution >= 4 is 5.91 Å². The molecular weight excluding hydrogens is 144 g/mol. The van der Waals surface area contributed by atoms with Crippen LogP contribution >= 0.6 is 0 Å². The Balaban J connectivity index is 2.16. The third-order valence-corrected chi connectivity index (χ3v) is 1.66. The second-order valence-corrected chi connectivity index (χ2v) is 2.67. The van der Waals surface area contributed by atoms with Gasteiger partial charge >= 0.3 is 0 Å². The Morgan fingerprint density at radius 2 is 2.36 bits per heavy atom. The molecule has 0 bridgehead atoms. The van der Waals surface area contributed by atoms with Crippen LogP contribution < -0.4 is 5.84 Å². The molecule has 0 atom stereocenters. The first kappa shape index (κ1) is 8.49. The van der Waals surface area contributed by atoms with Gasteiger partial charge in [0.05, 0.1) is 0 Å². The average Bonchev–Trinajstić information content (AvgIpc) is 2.81. The Bertz CT molecular complexity index is 145. The molecule has 1 aliphatic rings. The summed E-state index contributed by atoms with van der Waals surface area (Å²) in [6, 6.07) is 0.281. The number of carbonyl (C=O) groups is 1. The number of nitrogens with two attached hydrogens (primary N) is 1. The zero-order valence-electron chi connectivity index (χ0n) is 6.75. The van der Waals surface area contributed by atoms with Crippen molar-refractivity contribution in [1.82, 2.24) is 5.01 Å². The van der Waals surface area contributed by atoms with E-state index in [2.05, 4.69) is 0 Å². The molecule has 0 heterocycles. The Kier molecular flexibility index (Phi) is 2.84. The van der Waals surface area contributed by atoms with Gasteiger partial charge in [-0.1, -0.05) is 0 Å². The third-order valence-electron chi connectivity index (χ3n) is 1.66. The van der Waals surface area contributed by atoms with Crippen LogP contribution in [0.5, 0.6) is 0 Å². The van der Waals surface area contributed by atoms with Gasteiger partial charge in [-0.15, -0.1) is 0 Å². The van der Waals surface area contributed by atoms with E-state index < -0.39 is 0 Å². The van der Waals surface area contributed by atoms with Crippen molar-refractivity contribution in [2.24, 2.45) is 5.84 Å². The summed E-state index contributed by atoms with van der Waals surface area (Å²) in [7, 11) is 0. The highest BCUT2D eigenvalue weighted by Gasteiger charge is 2.30. The monoisotopic (exact) mass is 158 g/mol. The molecule has 0 unspecified atom stereocenters. The topological polar surface area (TPSA) is 55.6 Å². The fraction of sp³-hybridized carbons (Fsp3) is 0.857. The van der Waals surface area contributed by atoms with Gasteiger partial charge in [0.25, 0.3) is 5.91 Å². The highest BCUT2D eigenvalue weighted by molar-refractivity contribution is 5.77. The number of amides is 1. The SMILES string of the molecule is CCOCC(=O)N(N)C1CC1. The number of hydrogen-bond donors (Lipinski definition) is 1. The van der Waals surface area contributed by atoms with Gasteiger partial charge in [0.2, 0.25) is 0 Å². The van der Waals surface area contributed by atoms with Crippen LogP contribution in [0.25, 0.3) is 0 Å². The highest BCUT2D eigenvalue weighted by Crippen LogP contribution is 2.23. The van der Waals surface area contributed by atoms with Crippen LogP contribution in [0, 0.1) is 0 Å². The molecule has 1 aliphatic carbocycles. The zero-order chi connectivity index (χ0) is 8.27. The molecule has 1 amide bonds. The van der Waals surface area contributed by atoms with E-state index >= 15 is 0 Å². The predicted octanol–water partition coefficient (Wildman–Crippen LogP) is -0.112. The summed E-state index contributed by atoms with van der Waals surface area (Å²) in [5.41, 5.74) is 0. The van der Waals surface area contributed by atoms with Crippen LogP contribution in [0.3, 0.4) is 0 Å². The number of carbonyl (C=O) groups excluding carboxylic acids is 1. The van der Waals surface area contributed by atoms with Crippen molar-refractivity contribution in [3.8, 4) is 0 Å². The summed E-state index contributed by atoms with van der Waals surface area (Å²) in [6.07, 6.45) is 2.07. The molecule has 64 valence electrons. The number of ether oxygens (including phenoxy) is 1. The minimum atomic E-state index is -0.116. The maximum absolute atomic E-state index is 11.1. The van der Waals surface area contributed by atoms with E-state index in [-0.39, 0.29) is 18.6 Å². The maximum Gasteiger partial charge on any atom is 0.262 e. The summed E-state index contributed by atoms with van der Waals surface area (Å²) < 4.78 is 4.92. The number of hydrogen-bond acceptors (Lipinski definition) is 3. The van der Waals surface area contributed by atoms with Crippen LogP contribution in [0.4, 0.5) is 0 Å². The molecule has 1 saturated carbocycles. The highest BCUT2D eigenvalue weighted by atomic mass is 16.5. The molecular formula is C7H14N2O2. The van der Waals surface area contributed by atoms with Crippen molar-refractivity contribution in [3.63, 3.8) is 0 Å². The van der Waals surface area contributed by atoms with E-state index in [0.717, 1.165) is 12.8 Å². The van der Waals surface area contributed by atoms with Crippen LogP contribution in [0.1, 0.15) is 19.8 Å². The van der Waals surface area contributed by atoms with Crippen molar-refractivity contribution in [3.05, 3.63) is 0 Å². The third kappa shape index (κ3) is 2.48. The summed E-state index contributed by atoms with van der Waals surface area (Å²) in [5.74, 6) is 5.35. The lowest BCUT2D eigenvalue weighted by molar-refractivity contribution is -0.136. The predicted molar refractivity (Wildman–Crippen MR) is 40.5 cm³/mol. The lowest BCUT2D eigenvalue weighted by atomic mass is 10.5. The van der Waals surface area contributed by atoms with E-state index in [1.165, 1.54) is 5.01 Å². The normalized spacial score (nSPS) is 16.5. The second kappa shape index (κ2) is 3.69. The maximum atomic E-state index is 11.1. The molecule has 1 fully saturated rings. The second-order valence-electron chi connectivity index (χ2n) is 2.67. The van der Waals surface area contributed by atoms with Gasteiger partial charge in [0.15, 0.2) is 0 Å². The largest absolute Gasteiger partial charge is 0.372 e. The van der Waals surface area contributed by atoms with Crippen molar-refractivity contribution in [2.45, 2.75) is 25.8 Å². The number of nitrogens with zero attached hydrogens (tertiary/aromatic N) is 1. The summed E-state index contributed by atoms with van der Waals surface area (Å²) >= 11 is 0. The standard InChI is InChI=1S/C7H14N2O2/c1-2-11-5-7(10)9(8)6-3-4-6/h6H,2-5,8H2,1H3. The smallest absolute Gasteiger partial charge is 0.262 e. The Morgan fingerprint density at radius 1 is 1.73 bits per heavy atom. The first-order valence-corrected chi connectivity index (χ1v) is 3.90. The zero-order valence-corrected chi connectivity index (χ0v) is 6.75. The van der Waals surface area contributed by atoms with Gasteiger partial charge in [0.1, 0.15) is 6.61 Å². The molecule has 4 nitrogen and oxygen atoms in total. The molecule has 0 radical (unpaired) electrons. The van der Waals surface area contributed by atoms with Gasteiger partial charge in [-0.2, -0.15) is 0 Å². The lowest BCUT2D eigenvalue weighted by Crippen LogP contribution is -2.41. The lowest BCUT2D eigenvalue weighted by Gasteiger charge is -2.14. The summed E-state index contributed by atoms with van der Waals surface area (Å²) in [6.45, 7) is 2.53. The van der Waals surface area contributed by atoms with E-state index in [1.54, 1.807) is 0 Å². The Hall–Kier alpha value is -0.610. The molecule has 0 saturated heterocycles. The minimum absolute atomic E-state index is 0.115. The average molecular weight is 158 g/mol. The fourth-order valence-corrected chi connectivity index (χ4v) is 0.820. The van der Waals surface area contributed by atoms with E-state index in [9.17, 15) is 4.79 Å². The fourth-order valence-electron chi connectivity index (χ4n) is 0.820. The van der Waals surface area contributed by atoms with Crippen molar-refractivity contribution in [2.75, 3.05) is 13.2 Å². The molecule has 11 heavy (non-hydrogen) atoms. The van der Waals surface area contributed by atoms with Gasteiger partial charge in [0, 0.05) is 12.6 Å². The van der Waals surface area contributed by atoms with Gasteiger partial charge in [-0.3, -0.25) is 9.80 Å². The van der Waals surface area contributed by atoms with Gasteiger partial charge in [-0.05, 0) is 19.8 Å². The minimum Gasteiger partial charge on any atom is -0.372 e. The number of rotatable bonds is 4. The van der Waals surface area contributed by atoms with E-state index in [0.29, 0.717) is 6.61 Å². The molecule has 4 heteroatoms. The number of hydrazine groups is 1. The molecule has 0 aromatic rings. The molecule has 1 rings (SSSR count). The van der Waals surface area contributed by atoms with Crippen LogP contribution in [0.15, 0.2) is 0 Å². The van der Waals surface area contributed by atoms with Crippen molar-refractivity contribution < 1.29 is 9.53 Å².